The Labute approximate surface area is 199 Å². The summed E-state index contributed by atoms with van der Waals surface area (Å²) in [5.41, 5.74) is -0.768. The van der Waals surface area contributed by atoms with Crippen LogP contribution in [-0.2, 0) is 0 Å². The third kappa shape index (κ3) is 7.99. The van der Waals surface area contributed by atoms with Gasteiger partial charge in [-0.2, -0.15) is 0 Å². The fourth-order valence-corrected chi connectivity index (χ4v) is 3.42. The van der Waals surface area contributed by atoms with Crippen LogP contribution in [0.15, 0.2) is 36.4 Å². The summed E-state index contributed by atoms with van der Waals surface area (Å²) in [5, 5.41) is 27.9. The van der Waals surface area contributed by atoms with E-state index < -0.39 is 21.7 Å². The van der Waals surface area contributed by atoms with Crippen molar-refractivity contribution in [1.29, 1.82) is 0 Å². The number of nitrogens with one attached hydrogen (secondary N) is 2. The number of nitro benzene ring substituents is 2. The maximum Gasteiger partial charge on any atom is 0.282 e. The lowest BCUT2D eigenvalue weighted by atomic mass is 10.1. The molecule has 176 valence electrons. The molecule has 0 aromatic heterocycles. The van der Waals surface area contributed by atoms with E-state index in [0.29, 0.717) is 25.9 Å². The van der Waals surface area contributed by atoms with E-state index in [4.69, 9.17) is 23.2 Å². The van der Waals surface area contributed by atoms with Crippen molar-refractivity contribution in [1.82, 2.24) is 10.6 Å². The van der Waals surface area contributed by atoms with Crippen LogP contribution in [0.3, 0.4) is 0 Å². The topological polar surface area (TPSA) is 144 Å². The van der Waals surface area contributed by atoms with Gasteiger partial charge in [-0.1, -0.05) is 42.5 Å². The Bertz CT molecular complexity index is 966. The number of carbonyl (C=O) groups excluding carboxylic acids is 2. The van der Waals surface area contributed by atoms with Gasteiger partial charge in [-0.3, -0.25) is 29.8 Å². The number of hydrogen-bond acceptors (Lipinski definition) is 6. The molecule has 10 nitrogen and oxygen atoms in total. The highest BCUT2D eigenvalue weighted by Gasteiger charge is 2.21. The minimum atomic E-state index is -0.630. The molecule has 2 aromatic rings. The van der Waals surface area contributed by atoms with E-state index in [9.17, 15) is 29.8 Å². The van der Waals surface area contributed by atoms with Gasteiger partial charge in [-0.05, 0) is 37.1 Å². The zero-order chi connectivity index (χ0) is 24.4. The van der Waals surface area contributed by atoms with Crippen LogP contribution in [-0.4, -0.2) is 34.8 Å². The molecule has 2 rings (SSSR count). The highest BCUT2D eigenvalue weighted by molar-refractivity contribution is 6.31. The summed E-state index contributed by atoms with van der Waals surface area (Å²) in [6, 6.07) is 7.63. The van der Waals surface area contributed by atoms with Gasteiger partial charge in [0.05, 0.1) is 9.85 Å². The van der Waals surface area contributed by atoms with E-state index in [2.05, 4.69) is 10.6 Å². The predicted octanol–water partition coefficient (Wildman–Crippen LogP) is 4.92. The second-order valence-corrected chi connectivity index (χ2v) is 7.99. The molecule has 0 aliphatic carbocycles. The summed E-state index contributed by atoms with van der Waals surface area (Å²) in [6.07, 6.45) is 3.83. The lowest BCUT2D eigenvalue weighted by Gasteiger charge is -2.07. The molecule has 2 amide bonds. The van der Waals surface area contributed by atoms with Crippen molar-refractivity contribution >= 4 is 46.4 Å². The van der Waals surface area contributed by atoms with Crippen LogP contribution in [0, 0.1) is 20.2 Å². The van der Waals surface area contributed by atoms with Crippen molar-refractivity contribution < 1.29 is 19.4 Å². The first-order valence-electron chi connectivity index (χ1n) is 10.1. The van der Waals surface area contributed by atoms with Crippen molar-refractivity contribution in [2.24, 2.45) is 0 Å². The average molecular weight is 497 g/mol. The molecular weight excluding hydrogens is 475 g/mol. The second-order valence-electron chi connectivity index (χ2n) is 7.12. The number of rotatable bonds is 12. The van der Waals surface area contributed by atoms with Crippen molar-refractivity contribution in [2.45, 2.75) is 32.1 Å². The zero-order valence-corrected chi connectivity index (χ0v) is 19.0. The van der Waals surface area contributed by atoms with E-state index in [1.165, 1.54) is 36.4 Å². The monoisotopic (exact) mass is 496 g/mol. The largest absolute Gasteiger partial charge is 0.352 e. The molecule has 0 bridgehead atoms. The van der Waals surface area contributed by atoms with Crippen LogP contribution in [0.25, 0.3) is 0 Å². The normalized spacial score (nSPS) is 10.5. The van der Waals surface area contributed by atoms with Crippen LogP contribution >= 0.6 is 23.2 Å². The minimum absolute atomic E-state index is 0.0804. The van der Waals surface area contributed by atoms with Crippen LogP contribution < -0.4 is 10.6 Å². The number of unbranched alkanes of at least 4 members (excludes halogenated alkanes) is 4. The summed E-state index contributed by atoms with van der Waals surface area (Å²) in [7, 11) is 0. The quantitative estimate of drug-likeness (QED) is 0.242. The average Bonchev–Trinajstić information content (AvgIpc) is 2.77. The number of amides is 2. The van der Waals surface area contributed by atoms with Gasteiger partial charge >= 0.3 is 0 Å². The number of hydrogen-bond donors (Lipinski definition) is 2. The number of nitrogens with zero attached hydrogens (tertiary/aromatic N) is 2. The molecule has 2 aromatic carbocycles. The number of halogens is 2. The lowest BCUT2D eigenvalue weighted by molar-refractivity contribution is -0.385. The van der Waals surface area contributed by atoms with E-state index in [0.717, 1.165) is 19.3 Å². The predicted molar refractivity (Wildman–Crippen MR) is 124 cm³/mol. The fourth-order valence-electron chi connectivity index (χ4n) is 3.07. The Balaban J connectivity index is 1.65. The fraction of sp³-hybridized carbons (Fsp3) is 0.333. The molecule has 0 unspecified atom stereocenters. The van der Waals surface area contributed by atoms with Gasteiger partial charge in [0.15, 0.2) is 0 Å². The molecule has 0 saturated carbocycles. The maximum atomic E-state index is 12.2. The molecule has 0 heterocycles. The first-order chi connectivity index (χ1) is 15.7. The minimum Gasteiger partial charge on any atom is -0.352 e. The smallest absolute Gasteiger partial charge is 0.282 e. The maximum absolute atomic E-state index is 12.2. The van der Waals surface area contributed by atoms with Crippen LogP contribution in [0.1, 0.15) is 52.8 Å². The Morgan fingerprint density at radius 3 is 1.42 bits per heavy atom. The lowest BCUT2D eigenvalue weighted by Crippen LogP contribution is -2.25. The summed E-state index contributed by atoms with van der Waals surface area (Å²) >= 11 is 11.7. The summed E-state index contributed by atoms with van der Waals surface area (Å²) in [6.45, 7) is 0.718. The molecule has 0 saturated heterocycles. The second kappa shape index (κ2) is 12.7. The summed E-state index contributed by atoms with van der Waals surface area (Å²) < 4.78 is 0. The Hall–Kier alpha value is -3.24. The Kier molecular flexibility index (Phi) is 10.0. The SMILES string of the molecule is O=C(NCCCCCCCNC(=O)c1cc(Cl)ccc1[N+](=O)[O-])c1cc(Cl)ccc1[N+](=O)[O-]. The van der Waals surface area contributed by atoms with Gasteiger partial charge < -0.3 is 10.6 Å². The molecule has 2 N–H and O–H groups in total. The number of carbonyl (C=O) groups is 2. The van der Waals surface area contributed by atoms with E-state index in [1.54, 1.807) is 0 Å². The first-order valence-corrected chi connectivity index (χ1v) is 10.9. The van der Waals surface area contributed by atoms with Crippen molar-refractivity contribution in [3.63, 3.8) is 0 Å². The molecule has 0 radical (unpaired) electrons. The third-order valence-corrected chi connectivity index (χ3v) is 5.19. The van der Waals surface area contributed by atoms with E-state index >= 15 is 0 Å². The molecule has 0 spiro atoms. The van der Waals surface area contributed by atoms with Gasteiger partial charge in [-0.15, -0.1) is 0 Å². The van der Waals surface area contributed by atoms with Gasteiger partial charge in [0.1, 0.15) is 11.1 Å². The van der Waals surface area contributed by atoms with Crippen LogP contribution in [0.5, 0.6) is 0 Å². The van der Waals surface area contributed by atoms with E-state index in [-0.39, 0.29) is 32.5 Å². The third-order valence-electron chi connectivity index (χ3n) is 4.72. The van der Waals surface area contributed by atoms with Gasteiger partial charge in [0.2, 0.25) is 0 Å². The van der Waals surface area contributed by atoms with Gasteiger partial charge in [0, 0.05) is 35.3 Å². The van der Waals surface area contributed by atoms with Crippen LogP contribution in [0.2, 0.25) is 10.0 Å². The molecule has 0 aliphatic heterocycles. The van der Waals surface area contributed by atoms with Crippen LogP contribution in [0.4, 0.5) is 11.4 Å². The first kappa shape index (κ1) is 26.0. The van der Waals surface area contributed by atoms with Crippen molar-refractivity contribution in [3.05, 3.63) is 77.8 Å². The highest BCUT2D eigenvalue weighted by Crippen LogP contribution is 2.23. The molecule has 0 fully saturated rings. The van der Waals surface area contributed by atoms with Crippen molar-refractivity contribution in [2.75, 3.05) is 13.1 Å². The Morgan fingerprint density at radius 1 is 0.697 bits per heavy atom. The van der Waals surface area contributed by atoms with Gasteiger partial charge in [0.25, 0.3) is 23.2 Å². The number of benzene rings is 2. The number of nitro groups is 2. The molecule has 12 heteroatoms. The van der Waals surface area contributed by atoms with Gasteiger partial charge in [-0.25, -0.2) is 0 Å². The summed E-state index contributed by atoms with van der Waals surface area (Å²) in [5.74, 6) is -1.11. The molecular formula is C21H22Cl2N4O6. The van der Waals surface area contributed by atoms with E-state index in [1.807, 2.05) is 0 Å². The molecule has 33 heavy (non-hydrogen) atoms. The Morgan fingerprint density at radius 2 is 1.06 bits per heavy atom. The molecule has 0 aliphatic rings. The standard InChI is InChI=1S/C21H22Cl2N4O6/c22-14-6-8-18(26(30)31)16(12-14)20(28)24-10-4-2-1-3-5-11-25-21(29)17-13-15(23)7-9-19(17)27(32)33/h6-9,12-13H,1-5,10-11H2,(H,24,28)(H,25,29). The highest BCUT2D eigenvalue weighted by atomic mass is 35.5. The molecule has 0 atom stereocenters. The zero-order valence-electron chi connectivity index (χ0n) is 17.5. The van der Waals surface area contributed by atoms with Crippen molar-refractivity contribution in [3.8, 4) is 0 Å². The summed E-state index contributed by atoms with van der Waals surface area (Å²) in [4.78, 5) is 45.2.